The van der Waals surface area contributed by atoms with E-state index >= 15 is 0 Å². The number of rotatable bonds is 4. The van der Waals surface area contributed by atoms with Crippen molar-refractivity contribution in [2.75, 3.05) is 0 Å². The fraction of sp³-hybridized carbons (Fsp3) is 0. The zero-order valence-electron chi connectivity index (χ0n) is 15.9. The Kier molecular flexibility index (Phi) is 5.09. The Labute approximate surface area is 181 Å². The molecule has 4 rings (SSSR count). The molecular formula is C20H14N2O8S2. The molecule has 0 aliphatic rings. The molecule has 0 amide bonds. The van der Waals surface area contributed by atoms with E-state index in [1.807, 2.05) is 18.2 Å². The summed E-state index contributed by atoms with van der Waals surface area (Å²) in [6, 6.07) is 14.6. The fourth-order valence-corrected chi connectivity index (χ4v) is 4.47. The Balaban J connectivity index is 2.01. The number of azo groups is 1. The summed E-state index contributed by atoms with van der Waals surface area (Å²) in [6.45, 7) is 0. The summed E-state index contributed by atoms with van der Waals surface area (Å²) in [4.78, 5) is -1.62. The van der Waals surface area contributed by atoms with Gasteiger partial charge in [0, 0.05) is 11.5 Å². The van der Waals surface area contributed by atoms with Crippen LogP contribution in [0.1, 0.15) is 0 Å². The van der Waals surface area contributed by atoms with E-state index in [-0.39, 0.29) is 10.8 Å². The summed E-state index contributed by atoms with van der Waals surface area (Å²) in [5.41, 5.74) is -0.322. The van der Waals surface area contributed by atoms with Crippen molar-refractivity contribution >= 4 is 53.2 Å². The van der Waals surface area contributed by atoms with Crippen molar-refractivity contribution in [1.82, 2.24) is 0 Å². The van der Waals surface area contributed by atoms with E-state index in [1.54, 1.807) is 24.3 Å². The van der Waals surface area contributed by atoms with Gasteiger partial charge >= 0.3 is 0 Å². The first-order valence-electron chi connectivity index (χ1n) is 8.84. The summed E-state index contributed by atoms with van der Waals surface area (Å²) in [5.74, 6) is -1.63. The number of benzene rings is 4. The smallest absolute Gasteiger partial charge is 0.296 e. The van der Waals surface area contributed by atoms with Gasteiger partial charge in [-0.2, -0.15) is 16.8 Å². The first-order chi connectivity index (χ1) is 15.0. The SMILES string of the molecule is O=S(=O)(O)c1cc(O)c2c(O)c(N=Nc3cccc4ccccc34)c(S(=O)(=O)O)cc2c1. The Bertz CT molecular complexity index is 1640. The van der Waals surface area contributed by atoms with Crippen LogP contribution in [0.3, 0.4) is 0 Å². The van der Waals surface area contributed by atoms with Crippen LogP contribution in [0.15, 0.2) is 80.7 Å². The molecule has 0 unspecified atom stereocenters. The zero-order chi connectivity index (χ0) is 23.3. The predicted molar refractivity (Wildman–Crippen MR) is 115 cm³/mol. The molecular weight excluding hydrogens is 460 g/mol. The molecule has 0 spiro atoms. The lowest BCUT2D eigenvalue weighted by molar-refractivity contribution is 0.457. The number of hydrogen-bond donors (Lipinski definition) is 4. The average molecular weight is 474 g/mol. The lowest BCUT2D eigenvalue weighted by Crippen LogP contribution is -2.01. The molecule has 164 valence electrons. The second-order valence-corrected chi connectivity index (χ2v) is 9.57. The van der Waals surface area contributed by atoms with Crippen LogP contribution >= 0.6 is 0 Å². The number of aromatic hydroxyl groups is 2. The summed E-state index contributed by atoms with van der Waals surface area (Å²) in [7, 11) is -9.71. The van der Waals surface area contributed by atoms with Gasteiger partial charge in [0.1, 0.15) is 16.3 Å². The van der Waals surface area contributed by atoms with Gasteiger partial charge < -0.3 is 10.2 Å². The van der Waals surface area contributed by atoms with Crippen LogP contribution < -0.4 is 0 Å². The summed E-state index contributed by atoms with van der Waals surface area (Å²) in [6.07, 6.45) is 0. The monoisotopic (exact) mass is 474 g/mol. The maximum atomic E-state index is 12.0. The van der Waals surface area contributed by atoms with Crippen LogP contribution in [0.2, 0.25) is 0 Å². The zero-order valence-corrected chi connectivity index (χ0v) is 17.5. The van der Waals surface area contributed by atoms with Crippen LogP contribution in [0.25, 0.3) is 21.5 Å². The molecule has 32 heavy (non-hydrogen) atoms. The molecule has 4 aromatic carbocycles. The van der Waals surface area contributed by atoms with Gasteiger partial charge in [-0.25, -0.2) is 0 Å². The number of hydrogen-bond acceptors (Lipinski definition) is 8. The molecule has 0 aliphatic heterocycles. The molecule has 12 heteroatoms. The minimum atomic E-state index is -4.96. The van der Waals surface area contributed by atoms with Gasteiger partial charge in [-0.1, -0.05) is 36.4 Å². The Morgan fingerprint density at radius 3 is 2.09 bits per heavy atom. The topological polar surface area (TPSA) is 174 Å². The van der Waals surface area contributed by atoms with Crippen LogP contribution in [0.5, 0.6) is 11.5 Å². The maximum Gasteiger partial charge on any atom is 0.296 e. The van der Waals surface area contributed by atoms with E-state index < -0.39 is 47.2 Å². The van der Waals surface area contributed by atoms with E-state index in [4.69, 9.17) is 0 Å². The van der Waals surface area contributed by atoms with Crippen molar-refractivity contribution in [3.63, 3.8) is 0 Å². The van der Waals surface area contributed by atoms with Crippen molar-refractivity contribution in [3.05, 3.63) is 60.7 Å². The Hall–Kier alpha value is -3.58. The number of phenols is 2. The maximum absolute atomic E-state index is 12.0. The van der Waals surface area contributed by atoms with E-state index in [1.165, 1.54) is 0 Å². The number of nitrogens with zero attached hydrogens (tertiary/aromatic N) is 2. The van der Waals surface area contributed by atoms with Crippen molar-refractivity contribution in [2.24, 2.45) is 10.2 Å². The molecule has 0 saturated carbocycles. The number of phenolic OH excluding ortho intramolecular Hbond substituents is 2. The predicted octanol–water partition coefficient (Wildman–Crippen LogP) is 4.31. The lowest BCUT2D eigenvalue weighted by atomic mass is 10.1. The van der Waals surface area contributed by atoms with Gasteiger partial charge in [0.2, 0.25) is 0 Å². The molecule has 10 nitrogen and oxygen atoms in total. The van der Waals surface area contributed by atoms with Gasteiger partial charge in [0.15, 0.2) is 5.75 Å². The van der Waals surface area contributed by atoms with Crippen LogP contribution in [0, 0.1) is 0 Å². The summed E-state index contributed by atoms with van der Waals surface area (Å²) < 4.78 is 65.6. The third-order valence-corrected chi connectivity index (χ3v) is 6.40. The third-order valence-electron chi connectivity index (χ3n) is 4.70. The van der Waals surface area contributed by atoms with Crippen molar-refractivity contribution in [2.45, 2.75) is 9.79 Å². The summed E-state index contributed by atoms with van der Waals surface area (Å²) in [5, 5.41) is 29.6. The van der Waals surface area contributed by atoms with Crippen LogP contribution in [0.4, 0.5) is 11.4 Å². The Morgan fingerprint density at radius 2 is 1.41 bits per heavy atom. The largest absolute Gasteiger partial charge is 0.507 e. The highest BCUT2D eigenvalue weighted by molar-refractivity contribution is 7.86. The van der Waals surface area contributed by atoms with Crippen molar-refractivity contribution in [3.8, 4) is 11.5 Å². The van der Waals surface area contributed by atoms with Gasteiger partial charge in [-0.3, -0.25) is 9.11 Å². The molecule has 0 aromatic heterocycles. The standard InChI is InChI=1S/C20H14N2O8S2/c23-16-10-13(31(25,26)27)8-12-9-17(32(28,29)30)19(20(24)18(12)16)22-21-15-7-3-5-11-4-1-2-6-14(11)15/h1-10,23-24H,(H,25,26,27)(H,28,29,30). The van der Waals surface area contributed by atoms with E-state index in [2.05, 4.69) is 10.2 Å². The van der Waals surface area contributed by atoms with E-state index in [0.29, 0.717) is 17.1 Å². The highest BCUT2D eigenvalue weighted by Gasteiger charge is 2.25. The molecule has 0 aliphatic carbocycles. The molecule has 0 saturated heterocycles. The third kappa shape index (κ3) is 3.87. The van der Waals surface area contributed by atoms with E-state index in [0.717, 1.165) is 17.5 Å². The van der Waals surface area contributed by atoms with Gasteiger partial charge in [0.25, 0.3) is 20.2 Å². The fourth-order valence-electron chi connectivity index (χ4n) is 3.28. The molecule has 0 heterocycles. The van der Waals surface area contributed by atoms with Crippen LogP contribution in [-0.2, 0) is 20.2 Å². The highest BCUT2D eigenvalue weighted by atomic mass is 32.2. The molecule has 0 radical (unpaired) electrons. The first-order valence-corrected chi connectivity index (χ1v) is 11.7. The second-order valence-electron chi connectivity index (χ2n) is 6.76. The number of fused-ring (bicyclic) bond motifs is 2. The normalized spacial score (nSPS) is 12.7. The van der Waals surface area contributed by atoms with Crippen molar-refractivity contribution in [1.29, 1.82) is 0 Å². The second kappa shape index (κ2) is 7.53. The van der Waals surface area contributed by atoms with Crippen LogP contribution in [-0.4, -0.2) is 36.2 Å². The van der Waals surface area contributed by atoms with Crippen molar-refractivity contribution < 1.29 is 36.2 Å². The average Bonchev–Trinajstić information content (AvgIpc) is 2.71. The molecule has 4 aromatic rings. The minimum absolute atomic E-state index is 0.285. The highest BCUT2D eigenvalue weighted by Crippen LogP contribution is 2.45. The minimum Gasteiger partial charge on any atom is -0.507 e. The molecule has 0 atom stereocenters. The Morgan fingerprint density at radius 1 is 0.719 bits per heavy atom. The quantitative estimate of drug-likeness (QED) is 0.250. The van der Waals surface area contributed by atoms with Gasteiger partial charge in [-0.05, 0) is 29.0 Å². The molecule has 0 bridgehead atoms. The lowest BCUT2D eigenvalue weighted by Gasteiger charge is -2.11. The van der Waals surface area contributed by atoms with Gasteiger partial charge in [-0.15, -0.1) is 10.2 Å². The first kappa shape index (κ1) is 21.6. The molecule has 0 fully saturated rings. The van der Waals surface area contributed by atoms with Gasteiger partial charge in [0.05, 0.1) is 16.0 Å². The van der Waals surface area contributed by atoms with E-state index in [9.17, 15) is 36.2 Å². The molecule has 4 N–H and O–H groups in total. The summed E-state index contributed by atoms with van der Waals surface area (Å²) >= 11 is 0.